The number of carbonyl (C=O) groups excluding carboxylic acids is 1. The Balaban J connectivity index is 2.05. The lowest BCUT2D eigenvalue weighted by molar-refractivity contribution is 0.103. The van der Waals surface area contributed by atoms with Crippen molar-refractivity contribution in [3.63, 3.8) is 0 Å². The van der Waals surface area contributed by atoms with E-state index in [1.807, 2.05) is 49.4 Å². The van der Waals surface area contributed by atoms with Gasteiger partial charge in [-0.05, 0) is 54.1 Å². The largest absolute Gasteiger partial charge is 0.494 e. The van der Waals surface area contributed by atoms with Gasteiger partial charge >= 0.3 is 0 Å². The molecule has 0 aromatic heterocycles. The van der Waals surface area contributed by atoms with Gasteiger partial charge in [0.25, 0.3) is 0 Å². The maximum Gasteiger partial charge on any atom is 0.195 e. The number of fused-ring (bicyclic) bond motifs is 1. The van der Waals surface area contributed by atoms with E-state index in [2.05, 4.69) is 15.9 Å². The molecule has 3 nitrogen and oxygen atoms in total. The topological polar surface area (TPSA) is 52.3 Å². The van der Waals surface area contributed by atoms with Crippen molar-refractivity contribution in [2.75, 3.05) is 12.3 Å². The van der Waals surface area contributed by atoms with Gasteiger partial charge in [0.15, 0.2) is 5.78 Å². The lowest BCUT2D eigenvalue weighted by Crippen LogP contribution is -2.05. The van der Waals surface area contributed by atoms with Crippen LogP contribution in [0.3, 0.4) is 0 Å². The first-order valence-electron chi connectivity index (χ1n) is 7.35. The molecule has 116 valence electrons. The van der Waals surface area contributed by atoms with Crippen LogP contribution in [0, 0.1) is 0 Å². The van der Waals surface area contributed by atoms with Crippen molar-refractivity contribution in [1.29, 1.82) is 0 Å². The van der Waals surface area contributed by atoms with Crippen LogP contribution in [-0.2, 0) is 0 Å². The van der Waals surface area contributed by atoms with Crippen molar-refractivity contribution in [2.45, 2.75) is 6.92 Å². The first kappa shape index (κ1) is 15.6. The number of nitrogens with two attached hydrogens (primary N) is 1. The molecule has 0 bridgehead atoms. The van der Waals surface area contributed by atoms with E-state index >= 15 is 0 Å². The quantitative estimate of drug-likeness (QED) is 0.530. The van der Waals surface area contributed by atoms with Crippen LogP contribution in [0.4, 0.5) is 5.69 Å². The molecule has 0 heterocycles. The number of benzene rings is 3. The molecule has 3 aromatic carbocycles. The van der Waals surface area contributed by atoms with E-state index in [4.69, 9.17) is 10.5 Å². The molecule has 0 unspecified atom stereocenters. The van der Waals surface area contributed by atoms with E-state index < -0.39 is 0 Å². The normalized spacial score (nSPS) is 10.7. The zero-order chi connectivity index (χ0) is 16.4. The average molecular weight is 370 g/mol. The Morgan fingerprint density at radius 1 is 1.04 bits per heavy atom. The molecule has 23 heavy (non-hydrogen) atoms. The number of nitrogen functional groups attached to an aromatic ring is 1. The standard InChI is InChI=1S/C19H16BrNO2/c1-2-23-16-7-5-12-3-4-13(9-14(12)10-16)19(22)17-11-15(20)6-8-18(17)21/h3-11H,2,21H2,1H3. The van der Waals surface area contributed by atoms with E-state index in [1.165, 1.54) is 0 Å². The minimum absolute atomic E-state index is 0.0903. The molecule has 0 atom stereocenters. The van der Waals surface area contributed by atoms with Crippen molar-refractivity contribution in [2.24, 2.45) is 0 Å². The second-order valence-corrected chi connectivity index (χ2v) is 6.13. The number of ketones is 1. The molecule has 0 amide bonds. The third-order valence-corrected chi connectivity index (χ3v) is 4.14. The third-order valence-electron chi connectivity index (χ3n) is 3.64. The van der Waals surface area contributed by atoms with Crippen LogP contribution in [0.15, 0.2) is 59.1 Å². The minimum atomic E-state index is -0.0903. The van der Waals surface area contributed by atoms with Gasteiger partial charge in [-0.1, -0.05) is 34.1 Å². The van der Waals surface area contributed by atoms with Gasteiger partial charge in [0, 0.05) is 21.3 Å². The molecule has 3 rings (SSSR count). The second kappa shape index (κ2) is 6.42. The first-order chi connectivity index (χ1) is 11.1. The number of hydrogen-bond donors (Lipinski definition) is 1. The third kappa shape index (κ3) is 3.22. The van der Waals surface area contributed by atoms with E-state index in [-0.39, 0.29) is 5.78 Å². The first-order valence-corrected chi connectivity index (χ1v) is 8.14. The highest BCUT2D eigenvalue weighted by Crippen LogP contribution is 2.25. The predicted molar refractivity (Wildman–Crippen MR) is 97.1 cm³/mol. The van der Waals surface area contributed by atoms with Gasteiger partial charge in [-0.15, -0.1) is 0 Å². The van der Waals surface area contributed by atoms with E-state index in [0.717, 1.165) is 21.0 Å². The summed E-state index contributed by atoms with van der Waals surface area (Å²) >= 11 is 3.38. The molecular weight excluding hydrogens is 354 g/mol. The molecule has 4 heteroatoms. The van der Waals surface area contributed by atoms with E-state index in [1.54, 1.807) is 12.1 Å². The fraction of sp³-hybridized carbons (Fsp3) is 0.105. The fourth-order valence-corrected chi connectivity index (χ4v) is 2.86. The molecule has 0 saturated heterocycles. The Hall–Kier alpha value is -2.33. The van der Waals surface area contributed by atoms with Gasteiger partial charge < -0.3 is 10.5 Å². The minimum Gasteiger partial charge on any atom is -0.494 e. The number of ether oxygens (including phenoxy) is 1. The summed E-state index contributed by atoms with van der Waals surface area (Å²) in [7, 11) is 0. The van der Waals surface area contributed by atoms with Crippen molar-refractivity contribution in [1.82, 2.24) is 0 Å². The second-order valence-electron chi connectivity index (χ2n) is 5.22. The molecule has 0 aliphatic rings. The Labute approximate surface area is 143 Å². The maximum atomic E-state index is 12.7. The van der Waals surface area contributed by atoms with E-state index in [9.17, 15) is 4.79 Å². The van der Waals surface area contributed by atoms with Crippen LogP contribution < -0.4 is 10.5 Å². The number of halogens is 1. The summed E-state index contributed by atoms with van der Waals surface area (Å²) in [4.78, 5) is 12.7. The average Bonchev–Trinajstić information content (AvgIpc) is 2.56. The van der Waals surface area contributed by atoms with Gasteiger partial charge in [0.05, 0.1) is 6.61 Å². The smallest absolute Gasteiger partial charge is 0.195 e. The van der Waals surface area contributed by atoms with Gasteiger partial charge in [0.2, 0.25) is 0 Å². The monoisotopic (exact) mass is 369 g/mol. The Morgan fingerprint density at radius 2 is 1.83 bits per heavy atom. The molecule has 0 saturated carbocycles. The summed E-state index contributed by atoms with van der Waals surface area (Å²) in [6.07, 6.45) is 0. The SMILES string of the molecule is CCOc1ccc2ccc(C(=O)c3cc(Br)ccc3N)cc2c1. The van der Waals surface area contributed by atoms with Gasteiger partial charge in [-0.2, -0.15) is 0 Å². The van der Waals surface area contributed by atoms with Crippen molar-refractivity contribution >= 4 is 38.2 Å². The van der Waals surface area contributed by atoms with Crippen LogP contribution in [0.5, 0.6) is 5.75 Å². The lowest BCUT2D eigenvalue weighted by Gasteiger charge is -2.08. The van der Waals surface area contributed by atoms with E-state index in [0.29, 0.717) is 23.4 Å². The summed E-state index contributed by atoms with van der Waals surface area (Å²) < 4.78 is 6.35. The molecular formula is C19H16BrNO2. The van der Waals surface area contributed by atoms with Crippen LogP contribution >= 0.6 is 15.9 Å². The Kier molecular flexibility index (Phi) is 4.35. The highest BCUT2D eigenvalue weighted by atomic mass is 79.9. The summed E-state index contributed by atoms with van der Waals surface area (Å²) in [5, 5.41) is 2.03. The molecule has 0 spiro atoms. The summed E-state index contributed by atoms with van der Waals surface area (Å²) in [5.74, 6) is 0.707. The number of carbonyl (C=O) groups is 1. The summed E-state index contributed by atoms with van der Waals surface area (Å²) in [5.41, 5.74) is 7.52. The molecule has 0 fully saturated rings. The Morgan fingerprint density at radius 3 is 2.61 bits per heavy atom. The molecule has 0 aliphatic carbocycles. The number of rotatable bonds is 4. The lowest BCUT2D eigenvalue weighted by atomic mass is 9.99. The van der Waals surface area contributed by atoms with Crippen LogP contribution in [0.1, 0.15) is 22.8 Å². The zero-order valence-corrected chi connectivity index (χ0v) is 14.3. The molecule has 0 radical (unpaired) electrons. The van der Waals surface area contributed by atoms with Gasteiger partial charge in [-0.3, -0.25) is 4.79 Å². The molecule has 2 N–H and O–H groups in total. The summed E-state index contributed by atoms with van der Waals surface area (Å²) in [6, 6.07) is 16.8. The van der Waals surface area contributed by atoms with Gasteiger partial charge in [-0.25, -0.2) is 0 Å². The fourth-order valence-electron chi connectivity index (χ4n) is 2.50. The maximum absolute atomic E-state index is 12.7. The molecule has 3 aromatic rings. The van der Waals surface area contributed by atoms with Crippen LogP contribution in [0.25, 0.3) is 10.8 Å². The number of hydrogen-bond acceptors (Lipinski definition) is 3. The van der Waals surface area contributed by atoms with Crippen LogP contribution in [0.2, 0.25) is 0 Å². The van der Waals surface area contributed by atoms with Crippen LogP contribution in [-0.4, -0.2) is 12.4 Å². The highest BCUT2D eigenvalue weighted by Gasteiger charge is 2.13. The number of anilines is 1. The van der Waals surface area contributed by atoms with Crippen molar-refractivity contribution in [3.8, 4) is 5.75 Å². The van der Waals surface area contributed by atoms with Gasteiger partial charge in [0.1, 0.15) is 5.75 Å². The molecule has 0 aliphatic heterocycles. The Bertz CT molecular complexity index is 890. The zero-order valence-electron chi connectivity index (χ0n) is 12.7. The predicted octanol–water partition coefficient (Wildman–Crippen LogP) is 4.81. The van der Waals surface area contributed by atoms with Crippen molar-refractivity contribution in [3.05, 3.63) is 70.2 Å². The van der Waals surface area contributed by atoms with Crippen molar-refractivity contribution < 1.29 is 9.53 Å². The highest BCUT2D eigenvalue weighted by molar-refractivity contribution is 9.10. The summed E-state index contributed by atoms with van der Waals surface area (Å²) in [6.45, 7) is 2.55.